The fourth-order valence-corrected chi connectivity index (χ4v) is 4.15. The first-order valence-electron chi connectivity index (χ1n) is 10.6. The number of carbonyl (C=O) groups excluding carboxylic acids is 2. The van der Waals surface area contributed by atoms with Crippen LogP contribution in [-0.4, -0.2) is 57.9 Å². The molecule has 162 valence electrons. The van der Waals surface area contributed by atoms with Crippen molar-refractivity contribution in [1.82, 2.24) is 0 Å². The van der Waals surface area contributed by atoms with Gasteiger partial charge in [0.2, 0.25) is 11.8 Å². The molecule has 1 N–H and O–H groups in total. The molecule has 2 fully saturated rings. The molecule has 2 saturated heterocycles. The monoisotopic (exact) mass is 423 g/mol. The van der Waals surface area contributed by atoms with Gasteiger partial charge in [-0.05, 0) is 36.4 Å². The number of rotatable bonds is 4. The van der Waals surface area contributed by atoms with E-state index in [2.05, 4.69) is 10.2 Å². The summed E-state index contributed by atoms with van der Waals surface area (Å²) < 4.78 is 16.5. The van der Waals surface area contributed by atoms with E-state index in [4.69, 9.17) is 14.2 Å². The molecule has 2 amide bonds. The molecule has 1 atom stereocenters. The highest BCUT2D eigenvalue weighted by Crippen LogP contribution is 2.36. The SMILES string of the molecule is O=C(Nc1ccc(N2CCOCC2)cc1)[C@@H]1CC(=O)N(c2ccc3c(c2)OCCO3)C1. The van der Waals surface area contributed by atoms with Crippen LogP contribution in [0, 0.1) is 5.92 Å². The van der Waals surface area contributed by atoms with Crippen LogP contribution in [0.5, 0.6) is 11.5 Å². The van der Waals surface area contributed by atoms with Crippen molar-refractivity contribution < 1.29 is 23.8 Å². The number of amides is 2. The van der Waals surface area contributed by atoms with E-state index in [1.807, 2.05) is 30.3 Å². The number of ether oxygens (including phenoxy) is 3. The molecule has 0 bridgehead atoms. The largest absolute Gasteiger partial charge is 0.486 e. The minimum atomic E-state index is -0.403. The molecule has 2 aromatic carbocycles. The molecule has 0 aromatic heterocycles. The summed E-state index contributed by atoms with van der Waals surface area (Å²) in [5.41, 5.74) is 2.56. The van der Waals surface area contributed by atoms with E-state index in [0.717, 1.165) is 43.4 Å². The zero-order valence-electron chi connectivity index (χ0n) is 17.2. The van der Waals surface area contributed by atoms with Gasteiger partial charge < -0.3 is 29.3 Å². The van der Waals surface area contributed by atoms with E-state index < -0.39 is 5.92 Å². The number of benzene rings is 2. The zero-order chi connectivity index (χ0) is 21.2. The second-order valence-corrected chi connectivity index (χ2v) is 7.87. The number of nitrogens with one attached hydrogen (secondary N) is 1. The normalized spacial score (nSPS) is 20.6. The first kappa shape index (κ1) is 19.7. The van der Waals surface area contributed by atoms with Gasteiger partial charge in [-0.3, -0.25) is 9.59 Å². The molecule has 3 aliphatic rings. The predicted molar refractivity (Wildman–Crippen MR) is 116 cm³/mol. The third-order valence-corrected chi connectivity index (χ3v) is 5.84. The predicted octanol–water partition coefficient (Wildman–Crippen LogP) is 2.29. The quantitative estimate of drug-likeness (QED) is 0.813. The summed E-state index contributed by atoms with van der Waals surface area (Å²) in [5.74, 6) is 0.688. The number of fused-ring (bicyclic) bond motifs is 1. The second-order valence-electron chi connectivity index (χ2n) is 7.87. The maximum absolute atomic E-state index is 12.8. The second kappa shape index (κ2) is 8.47. The van der Waals surface area contributed by atoms with Gasteiger partial charge in [-0.25, -0.2) is 0 Å². The molecule has 8 nitrogen and oxygen atoms in total. The minimum Gasteiger partial charge on any atom is -0.486 e. The van der Waals surface area contributed by atoms with Crippen LogP contribution in [0.25, 0.3) is 0 Å². The molecule has 5 rings (SSSR count). The average molecular weight is 423 g/mol. The van der Waals surface area contributed by atoms with E-state index in [-0.39, 0.29) is 18.2 Å². The van der Waals surface area contributed by atoms with Crippen LogP contribution < -0.4 is 24.6 Å². The van der Waals surface area contributed by atoms with Crippen molar-refractivity contribution in [1.29, 1.82) is 0 Å². The fraction of sp³-hybridized carbons (Fsp3) is 0.391. The van der Waals surface area contributed by atoms with Crippen molar-refractivity contribution in [2.24, 2.45) is 5.92 Å². The summed E-state index contributed by atoms with van der Waals surface area (Å²) >= 11 is 0. The Hall–Kier alpha value is -3.26. The van der Waals surface area contributed by atoms with E-state index >= 15 is 0 Å². The van der Waals surface area contributed by atoms with Gasteiger partial charge in [-0.15, -0.1) is 0 Å². The Morgan fingerprint density at radius 2 is 1.61 bits per heavy atom. The third kappa shape index (κ3) is 4.16. The molecule has 31 heavy (non-hydrogen) atoms. The molecule has 3 heterocycles. The van der Waals surface area contributed by atoms with Crippen molar-refractivity contribution in [2.45, 2.75) is 6.42 Å². The highest BCUT2D eigenvalue weighted by atomic mass is 16.6. The molecule has 0 unspecified atom stereocenters. The van der Waals surface area contributed by atoms with Crippen LogP contribution in [0.3, 0.4) is 0 Å². The highest BCUT2D eigenvalue weighted by molar-refractivity contribution is 6.03. The third-order valence-electron chi connectivity index (χ3n) is 5.84. The van der Waals surface area contributed by atoms with E-state index in [1.165, 1.54) is 0 Å². The highest BCUT2D eigenvalue weighted by Gasteiger charge is 2.35. The van der Waals surface area contributed by atoms with Gasteiger partial charge in [-0.1, -0.05) is 0 Å². The van der Waals surface area contributed by atoms with Gasteiger partial charge in [0.25, 0.3) is 0 Å². The van der Waals surface area contributed by atoms with E-state index in [1.54, 1.807) is 17.0 Å². The summed E-state index contributed by atoms with van der Waals surface area (Å²) in [6, 6.07) is 13.2. The van der Waals surface area contributed by atoms with E-state index in [0.29, 0.717) is 31.3 Å². The molecular weight excluding hydrogens is 398 g/mol. The van der Waals surface area contributed by atoms with Crippen molar-refractivity contribution >= 4 is 28.9 Å². The minimum absolute atomic E-state index is 0.0699. The number of carbonyl (C=O) groups is 2. The Labute approximate surface area is 180 Å². The zero-order valence-corrected chi connectivity index (χ0v) is 17.2. The standard InChI is InChI=1S/C23H25N3O5/c27-22-13-16(15-26(22)19-5-6-20-21(14-19)31-12-11-30-20)23(28)24-17-1-3-18(4-2-17)25-7-9-29-10-8-25/h1-6,14,16H,7-13,15H2,(H,24,28)/t16-/m1/s1. The van der Waals surface area contributed by atoms with Crippen LogP contribution in [0.2, 0.25) is 0 Å². The van der Waals surface area contributed by atoms with Crippen LogP contribution >= 0.6 is 0 Å². The van der Waals surface area contributed by atoms with Crippen molar-refractivity contribution in [2.75, 3.05) is 61.2 Å². The van der Waals surface area contributed by atoms with Gasteiger partial charge in [-0.2, -0.15) is 0 Å². The van der Waals surface area contributed by atoms with Gasteiger partial charge >= 0.3 is 0 Å². The van der Waals surface area contributed by atoms with Crippen LogP contribution in [0.1, 0.15) is 6.42 Å². The lowest BCUT2D eigenvalue weighted by molar-refractivity contribution is -0.122. The Morgan fingerprint density at radius 3 is 2.39 bits per heavy atom. The van der Waals surface area contributed by atoms with Crippen molar-refractivity contribution in [3.63, 3.8) is 0 Å². The Balaban J connectivity index is 1.22. The average Bonchev–Trinajstić information content (AvgIpc) is 3.21. The lowest BCUT2D eigenvalue weighted by Gasteiger charge is -2.28. The smallest absolute Gasteiger partial charge is 0.229 e. The maximum atomic E-state index is 12.8. The molecule has 0 aliphatic carbocycles. The topological polar surface area (TPSA) is 80.3 Å². The van der Waals surface area contributed by atoms with Gasteiger partial charge in [0.15, 0.2) is 11.5 Å². The summed E-state index contributed by atoms with van der Waals surface area (Å²) in [7, 11) is 0. The number of hydrogen-bond acceptors (Lipinski definition) is 6. The molecule has 0 saturated carbocycles. The molecule has 8 heteroatoms. The van der Waals surface area contributed by atoms with E-state index in [9.17, 15) is 9.59 Å². The summed E-state index contributed by atoms with van der Waals surface area (Å²) in [4.78, 5) is 29.3. The Morgan fingerprint density at radius 1 is 0.903 bits per heavy atom. The number of morpholine rings is 1. The lowest BCUT2D eigenvalue weighted by Crippen LogP contribution is -2.36. The van der Waals surface area contributed by atoms with Gasteiger partial charge in [0.05, 0.1) is 19.1 Å². The maximum Gasteiger partial charge on any atom is 0.229 e. The first-order chi connectivity index (χ1) is 15.2. The van der Waals surface area contributed by atoms with Crippen LogP contribution in [-0.2, 0) is 14.3 Å². The van der Waals surface area contributed by atoms with Crippen LogP contribution in [0.15, 0.2) is 42.5 Å². The number of hydrogen-bond donors (Lipinski definition) is 1. The summed E-state index contributed by atoms with van der Waals surface area (Å²) in [6.45, 7) is 4.54. The Kier molecular flexibility index (Phi) is 5.38. The number of nitrogens with zero attached hydrogens (tertiary/aromatic N) is 2. The van der Waals surface area contributed by atoms with Gasteiger partial charge in [0.1, 0.15) is 13.2 Å². The molecule has 0 radical (unpaired) electrons. The van der Waals surface area contributed by atoms with Gasteiger partial charge in [0, 0.05) is 49.2 Å². The lowest BCUT2D eigenvalue weighted by atomic mass is 10.1. The summed E-state index contributed by atoms with van der Waals surface area (Å²) in [6.07, 6.45) is 0.187. The molecule has 3 aliphatic heterocycles. The van der Waals surface area contributed by atoms with Crippen molar-refractivity contribution in [3.8, 4) is 11.5 Å². The molecular formula is C23H25N3O5. The molecule has 2 aromatic rings. The first-order valence-corrected chi connectivity index (χ1v) is 10.6. The summed E-state index contributed by atoms with van der Waals surface area (Å²) in [5, 5.41) is 2.95. The van der Waals surface area contributed by atoms with Crippen LogP contribution in [0.4, 0.5) is 17.1 Å². The van der Waals surface area contributed by atoms with Crippen molar-refractivity contribution in [3.05, 3.63) is 42.5 Å². The number of anilines is 3. The molecule has 0 spiro atoms. The Bertz CT molecular complexity index is 972. The fourth-order valence-electron chi connectivity index (χ4n) is 4.15.